The first kappa shape index (κ1) is 20.4. The number of carbonyl (C=O) groups excluding carboxylic acids is 2. The van der Waals surface area contributed by atoms with Crippen molar-refractivity contribution >= 4 is 28.3 Å². The molecule has 2 aromatic rings. The van der Waals surface area contributed by atoms with Gasteiger partial charge in [-0.05, 0) is 84.9 Å². The summed E-state index contributed by atoms with van der Waals surface area (Å²) in [7, 11) is 0. The number of ether oxygens (including phenoxy) is 2. The standard InChI is InChI=1S/C22H24BrNO4/c1-22(2,3)28-21(26)24-11-9-15-7-8-17(13-16(15)10-12-24)27-20-6-4-5-19(23)18(20)14-25/h4-8,13-14H,9-12H2,1-3H3. The lowest BCUT2D eigenvalue weighted by Gasteiger charge is -2.26. The first-order valence-corrected chi connectivity index (χ1v) is 10.1. The molecular formula is C22H24BrNO4. The summed E-state index contributed by atoms with van der Waals surface area (Å²) >= 11 is 3.37. The van der Waals surface area contributed by atoms with Crippen molar-refractivity contribution in [2.45, 2.75) is 39.2 Å². The number of carbonyl (C=O) groups is 2. The van der Waals surface area contributed by atoms with E-state index in [0.717, 1.165) is 24.7 Å². The van der Waals surface area contributed by atoms with Gasteiger partial charge in [0.15, 0.2) is 6.29 Å². The van der Waals surface area contributed by atoms with Crippen molar-refractivity contribution in [3.8, 4) is 11.5 Å². The molecule has 3 rings (SSSR count). The lowest BCUT2D eigenvalue weighted by molar-refractivity contribution is 0.0258. The van der Waals surface area contributed by atoms with Crippen LogP contribution in [0.25, 0.3) is 0 Å². The third-order valence-corrected chi connectivity index (χ3v) is 5.18. The van der Waals surface area contributed by atoms with Gasteiger partial charge >= 0.3 is 6.09 Å². The molecule has 5 nitrogen and oxygen atoms in total. The summed E-state index contributed by atoms with van der Waals surface area (Å²) in [5.74, 6) is 1.18. The Morgan fingerprint density at radius 2 is 1.82 bits per heavy atom. The van der Waals surface area contributed by atoms with E-state index in [1.54, 1.807) is 17.0 Å². The fourth-order valence-corrected chi connectivity index (χ4v) is 3.56. The Morgan fingerprint density at radius 3 is 2.50 bits per heavy atom. The molecule has 148 valence electrons. The summed E-state index contributed by atoms with van der Waals surface area (Å²) in [5, 5.41) is 0. The van der Waals surface area contributed by atoms with Crippen LogP contribution in [0, 0.1) is 0 Å². The normalized spacial score (nSPS) is 14.1. The maximum Gasteiger partial charge on any atom is 0.410 e. The number of rotatable bonds is 3. The molecule has 1 heterocycles. The number of amides is 1. The van der Waals surface area contributed by atoms with E-state index >= 15 is 0 Å². The smallest absolute Gasteiger partial charge is 0.410 e. The summed E-state index contributed by atoms with van der Waals surface area (Å²) in [6, 6.07) is 11.3. The van der Waals surface area contributed by atoms with Crippen molar-refractivity contribution in [1.29, 1.82) is 0 Å². The molecule has 0 aliphatic carbocycles. The van der Waals surface area contributed by atoms with E-state index in [4.69, 9.17) is 9.47 Å². The molecule has 6 heteroatoms. The van der Waals surface area contributed by atoms with Crippen LogP contribution in [0.4, 0.5) is 4.79 Å². The van der Waals surface area contributed by atoms with Crippen LogP contribution in [0.1, 0.15) is 42.3 Å². The molecule has 28 heavy (non-hydrogen) atoms. The van der Waals surface area contributed by atoms with Crippen LogP contribution >= 0.6 is 15.9 Å². The predicted octanol–water partition coefficient (Wildman–Crippen LogP) is 5.39. The topological polar surface area (TPSA) is 55.8 Å². The molecule has 0 N–H and O–H groups in total. The first-order chi connectivity index (χ1) is 13.3. The minimum atomic E-state index is -0.502. The minimum Gasteiger partial charge on any atom is -0.457 e. The largest absolute Gasteiger partial charge is 0.457 e. The van der Waals surface area contributed by atoms with Gasteiger partial charge in [0.1, 0.15) is 17.1 Å². The maximum absolute atomic E-state index is 12.4. The number of fused-ring (bicyclic) bond motifs is 1. The second-order valence-corrected chi connectivity index (χ2v) is 8.62. The molecule has 0 saturated carbocycles. The monoisotopic (exact) mass is 445 g/mol. The lowest BCUT2D eigenvalue weighted by Crippen LogP contribution is -2.38. The van der Waals surface area contributed by atoms with Gasteiger partial charge in [-0.25, -0.2) is 4.79 Å². The van der Waals surface area contributed by atoms with E-state index in [1.807, 2.05) is 45.0 Å². The van der Waals surface area contributed by atoms with Crippen LogP contribution in [0.15, 0.2) is 40.9 Å². The average Bonchev–Trinajstić information content (AvgIpc) is 2.83. The molecule has 0 spiro atoms. The minimum absolute atomic E-state index is 0.276. The molecule has 0 radical (unpaired) electrons. The van der Waals surface area contributed by atoms with E-state index in [-0.39, 0.29) is 6.09 Å². The van der Waals surface area contributed by atoms with Crippen molar-refractivity contribution in [2.24, 2.45) is 0 Å². The average molecular weight is 446 g/mol. The second kappa shape index (κ2) is 8.35. The Morgan fingerprint density at radius 1 is 1.11 bits per heavy atom. The van der Waals surface area contributed by atoms with Crippen LogP contribution in [0.2, 0.25) is 0 Å². The highest BCUT2D eigenvalue weighted by atomic mass is 79.9. The van der Waals surface area contributed by atoms with Gasteiger partial charge in [0.05, 0.1) is 5.56 Å². The quantitative estimate of drug-likeness (QED) is 0.594. The summed E-state index contributed by atoms with van der Waals surface area (Å²) in [5.41, 5.74) is 2.32. The van der Waals surface area contributed by atoms with E-state index < -0.39 is 5.60 Å². The molecule has 1 aliphatic heterocycles. The Labute approximate surface area is 173 Å². The van der Waals surface area contributed by atoms with E-state index in [9.17, 15) is 9.59 Å². The van der Waals surface area contributed by atoms with Crippen LogP contribution in [0.3, 0.4) is 0 Å². The maximum atomic E-state index is 12.4. The molecule has 1 aliphatic rings. The van der Waals surface area contributed by atoms with E-state index in [2.05, 4.69) is 15.9 Å². The number of hydrogen-bond donors (Lipinski definition) is 0. The third-order valence-electron chi connectivity index (χ3n) is 4.49. The number of nitrogens with zero attached hydrogens (tertiary/aromatic N) is 1. The molecule has 0 fully saturated rings. The number of aldehydes is 1. The summed E-state index contributed by atoms with van der Waals surface area (Å²) in [6.07, 6.45) is 2.00. The molecule has 0 aromatic heterocycles. The van der Waals surface area contributed by atoms with Gasteiger partial charge in [-0.1, -0.05) is 12.1 Å². The fourth-order valence-electron chi connectivity index (χ4n) is 3.12. The van der Waals surface area contributed by atoms with Crippen LogP contribution in [-0.4, -0.2) is 36.0 Å². The van der Waals surface area contributed by atoms with Crippen molar-refractivity contribution < 1.29 is 19.1 Å². The van der Waals surface area contributed by atoms with Crippen molar-refractivity contribution in [1.82, 2.24) is 4.90 Å². The number of halogens is 1. The van der Waals surface area contributed by atoms with Crippen molar-refractivity contribution in [2.75, 3.05) is 13.1 Å². The van der Waals surface area contributed by atoms with Crippen LogP contribution in [0.5, 0.6) is 11.5 Å². The summed E-state index contributed by atoms with van der Waals surface area (Å²) in [6.45, 7) is 6.84. The van der Waals surface area contributed by atoms with E-state index in [0.29, 0.717) is 34.6 Å². The zero-order valence-corrected chi connectivity index (χ0v) is 17.9. The molecule has 0 atom stereocenters. The zero-order valence-electron chi connectivity index (χ0n) is 16.3. The molecule has 0 unspecified atom stereocenters. The molecule has 1 amide bonds. The van der Waals surface area contributed by atoms with E-state index in [1.165, 1.54) is 5.56 Å². The Bertz CT molecular complexity index is 889. The zero-order chi connectivity index (χ0) is 20.3. The fraction of sp³-hybridized carbons (Fsp3) is 0.364. The molecule has 2 aromatic carbocycles. The van der Waals surface area contributed by atoms with Gasteiger partial charge in [-0.15, -0.1) is 0 Å². The van der Waals surface area contributed by atoms with Gasteiger partial charge in [0.2, 0.25) is 0 Å². The number of benzene rings is 2. The summed E-state index contributed by atoms with van der Waals surface area (Å²) < 4.78 is 12.2. The van der Waals surface area contributed by atoms with Gasteiger partial charge in [-0.2, -0.15) is 0 Å². The Kier molecular flexibility index (Phi) is 6.08. The lowest BCUT2D eigenvalue weighted by atomic mass is 10.0. The van der Waals surface area contributed by atoms with Gasteiger partial charge in [0.25, 0.3) is 0 Å². The highest BCUT2D eigenvalue weighted by Crippen LogP contribution is 2.31. The van der Waals surface area contributed by atoms with Gasteiger partial charge in [0, 0.05) is 17.6 Å². The SMILES string of the molecule is CC(C)(C)OC(=O)N1CCc2ccc(Oc3cccc(Br)c3C=O)cc2CC1. The van der Waals surface area contributed by atoms with Crippen LogP contribution < -0.4 is 4.74 Å². The first-order valence-electron chi connectivity index (χ1n) is 9.28. The highest BCUT2D eigenvalue weighted by molar-refractivity contribution is 9.10. The van der Waals surface area contributed by atoms with Gasteiger partial charge in [-0.3, -0.25) is 4.79 Å². The molecule has 0 saturated heterocycles. The highest BCUT2D eigenvalue weighted by Gasteiger charge is 2.24. The predicted molar refractivity (Wildman–Crippen MR) is 111 cm³/mol. The summed E-state index contributed by atoms with van der Waals surface area (Å²) in [4.78, 5) is 25.5. The number of hydrogen-bond acceptors (Lipinski definition) is 4. The van der Waals surface area contributed by atoms with Gasteiger partial charge < -0.3 is 14.4 Å². The van der Waals surface area contributed by atoms with Crippen molar-refractivity contribution in [3.63, 3.8) is 0 Å². The van der Waals surface area contributed by atoms with Crippen LogP contribution in [-0.2, 0) is 17.6 Å². The molecule has 0 bridgehead atoms. The second-order valence-electron chi connectivity index (χ2n) is 7.77. The Hall–Kier alpha value is -2.34. The van der Waals surface area contributed by atoms with Crippen molar-refractivity contribution in [3.05, 3.63) is 57.6 Å². The third kappa shape index (κ3) is 4.93. The molecular weight excluding hydrogens is 422 g/mol. The Balaban J connectivity index is 1.75.